The highest BCUT2D eigenvalue weighted by Crippen LogP contribution is 2.32. The average Bonchev–Trinajstić information content (AvgIpc) is 2.61. The Labute approximate surface area is 152 Å². The van der Waals surface area contributed by atoms with Crippen LogP contribution in [0.4, 0.5) is 13.2 Å². The van der Waals surface area contributed by atoms with E-state index in [1.807, 2.05) is 0 Å². The van der Waals surface area contributed by atoms with Crippen molar-refractivity contribution in [3.63, 3.8) is 0 Å². The highest BCUT2D eigenvalue weighted by molar-refractivity contribution is 5.66. The van der Waals surface area contributed by atoms with E-state index in [1.165, 1.54) is 36.1 Å². The van der Waals surface area contributed by atoms with Gasteiger partial charge in [0.05, 0.1) is 0 Å². The first kappa shape index (κ1) is 18.6. The zero-order valence-corrected chi connectivity index (χ0v) is 14.9. The molecule has 26 heavy (non-hydrogen) atoms. The molecule has 1 aliphatic rings. The minimum absolute atomic E-state index is 0.191. The fourth-order valence-corrected chi connectivity index (χ4v) is 3.60. The lowest BCUT2D eigenvalue weighted by Gasteiger charge is -2.25. The molecule has 0 bridgehead atoms. The summed E-state index contributed by atoms with van der Waals surface area (Å²) in [6, 6.07) is 12.5. The number of ether oxygens (including phenoxy) is 1. The topological polar surface area (TPSA) is 9.23 Å². The zero-order valence-electron chi connectivity index (χ0n) is 14.9. The fraction of sp³-hybridized carbons (Fsp3) is 0.364. The highest BCUT2D eigenvalue weighted by Gasteiger charge is 2.31. The monoisotopic (exact) mass is 360 g/mol. The average molecular weight is 360 g/mol. The van der Waals surface area contributed by atoms with Crippen LogP contribution in [0.15, 0.2) is 54.6 Å². The Kier molecular flexibility index (Phi) is 5.70. The molecule has 0 saturated carbocycles. The molecule has 0 N–H and O–H groups in total. The number of rotatable bonds is 5. The molecule has 2 aromatic carbocycles. The summed E-state index contributed by atoms with van der Waals surface area (Å²) in [6.45, 7) is 2.06. The molecule has 0 saturated heterocycles. The van der Waals surface area contributed by atoms with Crippen molar-refractivity contribution in [1.29, 1.82) is 0 Å². The van der Waals surface area contributed by atoms with Gasteiger partial charge in [-0.25, -0.2) is 0 Å². The minimum Gasteiger partial charge on any atom is -0.406 e. The zero-order chi connectivity index (χ0) is 18.6. The predicted molar refractivity (Wildman–Crippen MR) is 98.1 cm³/mol. The number of allylic oxidation sites excluding steroid dienone is 2. The summed E-state index contributed by atoms with van der Waals surface area (Å²) in [5, 5.41) is 0. The first-order chi connectivity index (χ1) is 12.4. The molecule has 1 atom stereocenters. The molecule has 0 heterocycles. The van der Waals surface area contributed by atoms with Gasteiger partial charge >= 0.3 is 6.36 Å². The lowest BCUT2D eigenvalue weighted by Crippen LogP contribution is -2.16. The van der Waals surface area contributed by atoms with Gasteiger partial charge in [0.1, 0.15) is 5.75 Å². The maximum atomic E-state index is 12.3. The maximum Gasteiger partial charge on any atom is 0.573 e. The number of benzene rings is 2. The Bertz CT molecular complexity index is 760. The van der Waals surface area contributed by atoms with Gasteiger partial charge in [0.2, 0.25) is 0 Å². The Morgan fingerprint density at radius 3 is 2.46 bits per heavy atom. The van der Waals surface area contributed by atoms with Crippen LogP contribution < -0.4 is 4.74 Å². The lowest BCUT2D eigenvalue weighted by atomic mass is 9.80. The van der Waals surface area contributed by atoms with Gasteiger partial charge in [0.25, 0.3) is 0 Å². The van der Waals surface area contributed by atoms with Crippen molar-refractivity contribution < 1.29 is 17.9 Å². The summed E-state index contributed by atoms with van der Waals surface area (Å²) >= 11 is 0. The standard InChI is InChI=1S/C22H23F3O/c1-2-3-4-5-16-6-7-20-15-19(9-8-18(20)14-16)17-10-12-21(13-11-17)26-22(23,24)25/h2-3,8-13,15-16H,4-7,14H2,1H3/b3-2+. The van der Waals surface area contributed by atoms with E-state index in [1.54, 1.807) is 12.1 Å². The van der Waals surface area contributed by atoms with Gasteiger partial charge in [-0.15, -0.1) is 13.2 Å². The minimum atomic E-state index is -4.66. The van der Waals surface area contributed by atoms with Crippen molar-refractivity contribution in [2.75, 3.05) is 0 Å². The molecule has 0 radical (unpaired) electrons. The summed E-state index contributed by atoms with van der Waals surface area (Å²) in [7, 11) is 0. The van der Waals surface area contributed by atoms with Gasteiger partial charge in [-0.2, -0.15) is 0 Å². The van der Waals surface area contributed by atoms with Crippen molar-refractivity contribution in [3.05, 3.63) is 65.7 Å². The van der Waals surface area contributed by atoms with Gasteiger partial charge < -0.3 is 4.74 Å². The largest absolute Gasteiger partial charge is 0.573 e. The van der Waals surface area contributed by atoms with Crippen molar-refractivity contribution in [2.45, 2.75) is 45.4 Å². The van der Waals surface area contributed by atoms with E-state index >= 15 is 0 Å². The molecule has 1 unspecified atom stereocenters. The summed E-state index contributed by atoms with van der Waals surface area (Å²) in [4.78, 5) is 0. The Morgan fingerprint density at radius 1 is 1.04 bits per heavy atom. The molecule has 0 aliphatic heterocycles. The smallest absolute Gasteiger partial charge is 0.406 e. The molecule has 4 heteroatoms. The quantitative estimate of drug-likeness (QED) is 0.538. The van der Waals surface area contributed by atoms with Crippen molar-refractivity contribution in [2.24, 2.45) is 5.92 Å². The van der Waals surface area contributed by atoms with E-state index in [0.29, 0.717) is 0 Å². The third-order valence-electron chi connectivity index (χ3n) is 4.94. The van der Waals surface area contributed by atoms with E-state index in [0.717, 1.165) is 36.3 Å². The lowest BCUT2D eigenvalue weighted by molar-refractivity contribution is -0.274. The van der Waals surface area contributed by atoms with Crippen LogP contribution in [-0.2, 0) is 12.8 Å². The second kappa shape index (κ2) is 7.98. The van der Waals surface area contributed by atoms with Gasteiger partial charge in [-0.05, 0) is 79.3 Å². The van der Waals surface area contributed by atoms with Crippen molar-refractivity contribution >= 4 is 0 Å². The first-order valence-electron chi connectivity index (χ1n) is 9.04. The highest BCUT2D eigenvalue weighted by atomic mass is 19.4. The van der Waals surface area contributed by atoms with Crippen LogP contribution in [0.3, 0.4) is 0 Å². The molecule has 0 spiro atoms. The normalized spacial score (nSPS) is 17.3. The number of aryl methyl sites for hydroxylation is 1. The summed E-state index contributed by atoms with van der Waals surface area (Å²) in [5.74, 6) is 0.548. The summed E-state index contributed by atoms with van der Waals surface area (Å²) in [5.41, 5.74) is 4.70. The summed E-state index contributed by atoms with van der Waals surface area (Å²) < 4.78 is 40.7. The van der Waals surface area contributed by atoms with Crippen LogP contribution in [0.25, 0.3) is 11.1 Å². The first-order valence-corrected chi connectivity index (χ1v) is 9.04. The molecule has 0 aromatic heterocycles. The molecule has 2 aromatic rings. The van der Waals surface area contributed by atoms with Crippen LogP contribution in [-0.4, -0.2) is 6.36 Å². The fourth-order valence-electron chi connectivity index (χ4n) is 3.60. The predicted octanol–water partition coefficient (Wildman–Crippen LogP) is 6.71. The van der Waals surface area contributed by atoms with E-state index in [2.05, 4.69) is 42.0 Å². The number of fused-ring (bicyclic) bond motifs is 1. The third kappa shape index (κ3) is 4.90. The summed E-state index contributed by atoms with van der Waals surface area (Å²) in [6.07, 6.45) is 5.43. The van der Waals surface area contributed by atoms with Crippen LogP contribution in [0.1, 0.15) is 37.3 Å². The molecule has 0 fully saturated rings. The number of halogens is 3. The van der Waals surface area contributed by atoms with Gasteiger partial charge in [-0.3, -0.25) is 0 Å². The number of hydrogen-bond donors (Lipinski definition) is 0. The number of hydrogen-bond acceptors (Lipinski definition) is 1. The van der Waals surface area contributed by atoms with Crippen molar-refractivity contribution in [3.8, 4) is 16.9 Å². The molecule has 0 amide bonds. The van der Waals surface area contributed by atoms with Crippen molar-refractivity contribution in [1.82, 2.24) is 0 Å². The van der Waals surface area contributed by atoms with Crippen LogP contribution in [0, 0.1) is 5.92 Å². The molecule has 1 aliphatic carbocycles. The maximum absolute atomic E-state index is 12.3. The molecule has 3 rings (SSSR count). The second-order valence-corrected chi connectivity index (χ2v) is 6.81. The Morgan fingerprint density at radius 2 is 1.77 bits per heavy atom. The SMILES string of the molecule is C/C=C/CCC1CCc2cc(-c3ccc(OC(F)(F)F)cc3)ccc2C1. The van der Waals surface area contributed by atoms with Gasteiger partial charge in [-0.1, -0.05) is 42.5 Å². The van der Waals surface area contributed by atoms with E-state index in [9.17, 15) is 13.2 Å². The van der Waals surface area contributed by atoms with E-state index in [-0.39, 0.29) is 5.75 Å². The molecule has 138 valence electrons. The van der Waals surface area contributed by atoms with Crippen LogP contribution in [0.5, 0.6) is 5.75 Å². The van der Waals surface area contributed by atoms with E-state index < -0.39 is 6.36 Å². The molecular formula is C22H23F3O. The second-order valence-electron chi connectivity index (χ2n) is 6.81. The van der Waals surface area contributed by atoms with Gasteiger partial charge in [0.15, 0.2) is 0 Å². The third-order valence-corrected chi connectivity index (χ3v) is 4.94. The Balaban J connectivity index is 1.70. The molecule has 1 nitrogen and oxygen atoms in total. The Hall–Kier alpha value is -2.23. The molecular weight excluding hydrogens is 337 g/mol. The number of alkyl halides is 3. The van der Waals surface area contributed by atoms with Gasteiger partial charge in [0, 0.05) is 0 Å². The van der Waals surface area contributed by atoms with E-state index in [4.69, 9.17) is 0 Å². The van der Waals surface area contributed by atoms with Crippen LogP contribution >= 0.6 is 0 Å². The van der Waals surface area contributed by atoms with Crippen LogP contribution in [0.2, 0.25) is 0 Å².